The Kier molecular flexibility index (Phi) is 8.57. The van der Waals surface area contributed by atoms with Crippen molar-refractivity contribution in [2.75, 3.05) is 26.4 Å². The summed E-state index contributed by atoms with van der Waals surface area (Å²) in [5, 5.41) is 0. The molecule has 0 heterocycles. The predicted molar refractivity (Wildman–Crippen MR) is 92.9 cm³/mol. The van der Waals surface area contributed by atoms with E-state index in [0.717, 1.165) is 0 Å². The van der Waals surface area contributed by atoms with Crippen LogP contribution in [0.15, 0.2) is 24.3 Å². The van der Waals surface area contributed by atoms with Crippen LogP contribution in [0, 0.1) is 0 Å². The van der Waals surface area contributed by atoms with Crippen molar-refractivity contribution in [3.8, 4) is 11.5 Å². The number of esters is 2. The Morgan fingerprint density at radius 3 is 2.00 bits per heavy atom. The maximum absolute atomic E-state index is 11.7. The van der Waals surface area contributed by atoms with Crippen LogP contribution in [0.25, 0.3) is 0 Å². The Bertz CT molecular complexity index is 622. The molecule has 0 atom stereocenters. The zero-order chi connectivity index (χ0) is 19.6. The van der Waals surface area contributed by atoms with Crippen LogP contribution >= 0.6 is 0 Å². The van der Waals surface area contributed by atoms with Gasteiger partial charge in [-0.1, -0.05) is 12.1 Å². The summed E-state index contributed by atoms with van der Waals surface area (Å²) in [6, 6.07) is 6.59. The lowest BCUT2D eigenvalue weighted by Gasteiger charge is -2.19. The van der Waals surface area contributed by atoms with Crippen molar-refractivity contribution in [3.63, 3.8) is 0 Å². The van der Waals surface area contributed by atoms with Crippen molar-refractivity contribution in [2.24, 2.45) is 5.73 Å². The molecule has 0 radical (unpaired) electrons. The smallest absolute Gasteiger partial charge is 0.344 e. The summed E-state index contributed by atoms with van der Waals surface area (Å²) in [6.07, 6.45) is 0.0673. The second-order valence-electron chi connectivity index (χ2n) is 6.32. The Morgan fingerprint density at radius 1 is 0.962 bits per heavy atom. The van der Waals surface area contributed by atoms with Gasteiger partial charge in [-0.2, -0.15) is 0 Å². The number of nitrogens with two attached hydrogens (primary N) is 1. The lowest BCUT2D eigenvalue weighted by molar-refractivity contribution is -0.157. The molecule has 1 aromatic rings. The average Bonchev–Trinajstić information content (AvgIpc) is 2.57. The standard InChI is InChI=1S/C18H25NO7/c1-18(2,3)26-17(22)12-25-15-7-5-4-6-14(15)24-11-16(21)23-9-8-13(20)10-19/h4-7H,8-12,19H2,1-3H3. The molecule has 0 saturated carbocycles. The van der Waals surface area contributed by atoms with Crippen molar-refractivity contribution >= 4 is 17.7 Å². The molecule has 26 heavy (non-hydrogen) atoms. The van der Waals surface area contributed by atoms with Crippen LogP contribution in [0.5, 0.6) is 11.5 Å². The maximum Gasteiger partial charge on any atom is 0.344 e. The Hall–Kier alpha value is -2.61. The monoisotopic (exact) mass is 367 g/mol. The lowest BCUT2D eigenvalue weighted by Crippen LogP contribution is -2.27. The number of hydrogen-bond acceptors (Lipinski definition) is 8. The molecule has 2 N–H and O–H groups in total. The van der Waals surface area contributed by atoms with E-state index in [9.17, 15) is 14.4 Å². The molecule has 0 spiro atoms. The third-order valence-electron chi connectivity index (χ3n) is 2.83. The molecule has 0 aliphatic rings. The van der Waals surface area contributed by atoms with E-state index in [4.69, 9.17) is 24.7 Å². The van der Waals surface area contributed by atoms with Gasteiger partial charge in [0.1, 0.15) is 11.4 Å². The molecule has 0 bridgehead atoms. The van der Waals surface area contributed by atoms with E-state index in [1.807, 2.05) is 0 Å². The van der Waals surface area contributed by atoms with Crippen LogP contribution in [0.3, 0.4) is 0 Å². The molecular weight excluding hydrogens is 342 g/mol. The summed E-state index contributed by atoms with van der Waals surface area (Å²) < 4.78 is 20.8. The van der Waals surface area contributed by atoms with E-state index < -0.39 is 17.5 Å². The number of para-hydroxylation sites is 2. The quantitative estimate of drug-likeness (QED) is 0.615. The third-order valence-corrected chi connectivity index (χ3v) is 2.83. The lowest BCUT2D eigenvalue weighted by atomic mass is 10.2. The van der Waals surface area contributed by atoms with Crippen LogP contribution in [0.4, 0.5) is 0 Å². The van der Waals surface area contributed by atoms with Crippen LogP contribution in [0.1, 0.15) is 27.2 Å². The van der Waals surface area contributed by atoms with Gasteiger partial charge in [-0.25, -0.2) is 9.59 Å². The van der Waals surface area contributed by atoms with E-state index >= 15 is 0 Å². The van der Waals surface area contributed by atoms with Crippen molar-refractivity contribution in [1.82, 2.24) is 0 Å². The fourth-order valence-corrected chi connectivity index (χ4v) is 1.76. The van der Waals surface area contributed by atoms with Gasteiger partial charge in [-0.3, -0.25) is 4.79 Å². The highest BCUT2D eigenvalue weighted by Gasteiger charge is 2.17. The largest absolute Gasteiger partial charge is 0.478 e. The molecule has 8 nitrogen and oxygen atoms in total. The molecule has 0 aliphatic carbocycles. The van der Waals surface area contributed by atoms with E-state index in [1.165, 1.54) is 0 Å². The zero-order valence-electron chi connectivity index (χ0n) is 15.3. The predicted octanol–water partition coefficient (Wildman–Crippen LogP) is 1.25. The summed E-state index contributed by atoms with van der Waals surface area (Å²) in [6.45, 7) is 4.50. The molecule has 0 aromatic heterocycles. The summed E-state index contributed by atoms with van der Waals surface area (Å²) >= 11 is 0. The van der Waals surface area contributed by atoms with Crippen LogP contribution in [-0.4, -0.2) is 49.7 Å². The molecule has 8 heteroatoms. The highest BCUT2D eigenvalue weighted by Crippen LogP contribution is 2.26. The summed E-state index contributed by atoms with van der Waals surface area (Å²) in [5.41, 5.74) is 4.56. The number of hydrogen-bond donors (Lipinski definition) is 1. The minimum atomic E-state index is -0.628. The topological polar surface area (TPSA) is 114 Å². The first kappa shape index (κ1) is 21.4. The average molecular weight is 367 g/mol. The SMILES string of the molecule is CC(C)(C)OC(=O)COc1ccccc1OCC(=O)OCCC(=O)CN. The molecule has 1 rings (SSSR count). The molecule has 0 saturated heterocycles. The molecule has 0 unspecified atom stereocenters. The van der Waals surface area contributed by atoms with Gasteiger partial charge in [0, 0.05) is 6.42 Å². The number of ketones is 1. The van der Waals surface area contributed by atoms with Crippen molar-refractivity contribution < 1.29 is 33.3 Å². The van der Waals surface area contributed by atoms with E-state index in [1.54, 1.807) is 45.0 Å². The van der Waals surface area contributed by atoms with Crippen LogP contribution in [0.2, 0.25) is 0 Å². The molecule has 0 amide bonds. The van der Waals surface area contributed by atoms with Gasteiger partial charge < -0.3 is 24.7 Å². The number of Topliss-reactive ketones (excluding diaryl/α,β-unsaturated/α-hetero) is 1. The van der Waals surface area contributed by atoms with Crippen molar-refractivity contribution in [2.45, 2.75) is 32.8 Å². The fraction of sp³-hybridized carbons (Fsp3) is 0.500. The first-order chi connectivity index (χ1) is 12.2. The first-order valence-corrected chi connectivity index (χ1v) is 8.15. The summed E-state index contributed by atoms with van der Waals surface area (Å²) in [4.78, 5) is 34.4. The minimum absolute atomic E-state index is 0.0466. The van der Waals surface area contributed by atoms with E-state index in [2.05, 4.69) is 0 Å². The zero-order valence-corrected chi connectivity index (χ0v) is 15.3. The number of ether oxygens (including phenoxy) is 4. The number of rotatable bonds is 10. The van der Waals surface area contributed by atoms with Gasteiger partial charge in [0.05, 0.1) is 13.2 Å². The molecule has 0 aliphatic heterocycles. The second kappa shape index (κ2) is 10.4. The maximum atomic E-state index is 11.7. The Balaban J connectivity index is 2.47. The summed E-state index contributed by atoms with van der Waals surface area (Å²) in [5.74, 6) is -0.761. The summed E-state index contributed by atoms with van der Waals surface area (Å²) in [7, 11) is 0. The minimum Gasteiger partial charge on any atom is -0.478 e. The van der Waals surface area contributed by atoms with Gasteiger partial charge in [0.25, 0.3) is 0 Å². The Labute approximate surface area is 152 Å². The highest BCUT2D eigenvalue weighted by molar-refractivity contribution is 5.80. The van der Waals surface area contributed by atoms with E-state index in [0.29, 0.717) is 5.75 Å². The molecule has 0 fully saturated rings. The highest BCUT2D eigenvalue weighted by atomic mass is 16.6. The second-order valence-corrected chi connectivity index (χ2v) is 6.32. The number of benzene rings is 1. The van der Waals surface area contributed by atoms with E-state index in [-0.39, 0.29) is 44.3 Å². The van der Waals surface area contributed by atoms with Gasteiger partial charge in [-0.15, -0.1) is 0 Å². The first-order valence-electron chi connectivity index (χ1n) is 8.15. The molecular formula is C18H25NO7. The van der Waals surface area contributed by atoms with Gasteiger partial charge >= 0.3 is 11.9 Å². The number of carbonyl (C=O) groups excluding carboxylic acids is 3. The van der Waals surface area contributed by atoms with Gasteiger partial charge in [0.2, 0.25) is 0 Å². The van der Waals surface area contributed by atoms with Gasteiger partial charge in [0.15, 0.2) is 24.7 Å². The third kappa shape index (κ3) is 9.03. The van der Waals surface area contributed by atoms with Crippen LogP contribution in [-0.2, 0) is 23.9 Å². The normalized spacial score (nSPS) is 10.8. The van der Waals surface area contributed by atoms with Crippen LogP contribution < -0.4 is 15.2 Å². The number of carbonyl (C=O) groups is 3. The fourth-order valence-electron chi connectivity index (χ4n) is 1.76. The van der Waals surface area contributed by atoms with Crippen molar-refractivity contribution in [1.29, 1.82) is 0 Å². The molecule has 1 aromatic carbocycles. The Morgan fingerprint density at radius 2 is 1.50 bits per heavy atom. The molecule has 144 valence electrons. The van der Waals surface area contributed by atoms with Gasteiger partial charge in [-0.05, 0) is 32.9 Å². The van der Waals surface area contributed by atoms with Crippen molar-refractivity contribution in [3.05, 3.63) is 24.3 Å².